The molecule has 9 nitrogen and oxygen atoms in total. The number of pyridine rings is 1. The lowest BCUT2D eigenvalue weighted by Crippen LogP contribution is -2.42. The van der Waals surface area contributed by atoms with Crippen molar-refractivity contribution in [2.45, 2.75) is 37.8 Å². The third-order valence-corrected chi connectivity index (χ3v) is 4.73. The number of aromatic amines is 1. The molecule has 0 bridgehead atoms. The largest absolute Gasteiger partial charge is 0.481 e. The number of carboxylic acids is 1. The topological polar surface area (TPSA) is 124 Å². The zero-order valence-electron chi connectivity index (χ0n) is 14.6. The molecule has 0 radical (unpaired) electrons. The zero-order chi connectivity index (χ0) is 18.5. The van der Waals surface area contributed by atoms with Gasteiger partial charge in [0.05, 0.1) is 12.8 Å². The number of likely N-dealkylation sites (N-methyl/N-ethyl adjacent to an activating group) is 1. The van der Waals surface area contributed by atoms with Gasteiger partial charge in [-0.1, -0.05) is 0 Å². The van der Waals surface area contributed by atoms with E-state index in [1.807, 2.05) is 11.9 Å². The summed E-state index contributed by atoms with van der Waals surface area (Å²) in [6.07, 6.45) is 5.29. The molecule has 1 aliphatic heterocycles. The number of carbonyl (C=O) groups is 2. The van der Waals surface area contributed by atoms with E-state index in [4.69, 9.17) is 5.11 Å². The third kappa shape index (κ3) is 4.42. The second-order valence-corrected chi connectivity index (χ2v) is 6.47. The van der Waals surface area contributed by atoms with Crippen molar-refractivity contribution in [3.05, 3.63) is 30.4 Å². The Morgan fingerprint density at radius 3 is 2.77 bits per heavy atom. The van der Waals surface area contributed by atoms with Crippen LogP contribution in [-0.4, -0.2) is 67.7 Å². The minimum atomic E-state index is -0.790. The molecule has 9 heteroatoms. The van der Waals surface area contributed by atoms with E-state index in [9.17, 15) is 9.59 Å². The summed E-state index contributed by atoms with van der Waals surface area (Å²) in [5.74, 6) is 0.0967. The zero-order valence-corrected chi connectivity index (χ0v) is 14.6. The number of hydrogen-bond donors (Lipinski definition) is 3. The molecule has 3 rings (SSSR count). The van der Waals surface area contributed by atoms with Crippen molar-refractivity contribution >= 4 is 11.9 Å². The first kappa shape index (κ1) is 18.0. The molecule has 1 fully saturated rings. The Balaban J connectivity index is 1.48. The Bertz CT molecular complexity index is 763. The number of hydrogen-bond acceptors (Lipinski definition) is 6. The third-order valence-electron chi connectivity index (χ3n) is 4.73. The van der Waals surface area contributed by atoms with E-state index in [2.05, 4.69) is 25.5 Å². The second-order valence-electron chi connectivity index (χ2n) is 6.47. The van der Waals surface area contributed by atoms with E-state index in [0.29, 0.717) is 18.2 Å². The lowest BCUT2D eigenvalue weighted by atomic mass is 10.1. The quantitative estimate of drug-likeness (QED) is 0.657. The second kappa shape index (κ2) is 8.05. The van der Waals surface area contributed by atoms with Crippen LogP contribution in [0.3, 0.4) is 0 Å². The van der Waals surface area contributed by atoms with Gasteiger partial charge >= 0.3 is 5.97 Å². The number of rotatable bonds is 7. The molecule has 2 aromatic rings. The van der Waals surface area contributed by atoms with Crippen molar-refractivity contribution in [3.8, 4) is 11.4 Å². The fourth-order valence-electron chi connectivity index (χ4n) is 3.23. The maximum Gasteiger partial charge on any atom is 0.304 e. The van der Waals surface area contributed by atoms with Crippen molar-refractivity contribution in [1.82, 2.24) is 30.4 Å². The van der Waals surface area contributed by atoms with Crippen LogP contribution in [-0.2, 0) is 16.0 Å². The van der Waals surface area contributed by atoms with Gasteiger partial charge < -0.3 is 10.4 Å². The van der Waals surface area contributed by atoms with Gasteiger partial charge in [-0.05, 0) is 32.0 Å². The van der Waals surface area contributed by atoms with Crippen molar-refractivity contribution in [2.75, 3.05) is 13.6 Å². The minimum Gasteiger partial charge on any atom is -0.481 e. The Labute approximate surface area is 150 Å². The Morgan fingerprint density at radius 1 is 1.31 bits per heavy atom. The molecule has 1 aliphatic rings. The van der Waals surface area contributed by atoms with E-state index in [-0.39, 0.29) is 30.8 Å². The van der Waals surface area contributed by atoms with Crippen molar-refractivity contribution in [1.29, 1.82) is 0 Å². The average molecular weight is 358 g/mol. The Morgan fingerprint density at radius 2 is 2.04 bits per heavy atom. The van der Waals surface area contributed by atoms with Gasteiger partial charge in [-0.3, -0.25) is 24.6 Å². The summed E-state index contributed by atoms with van der Waals surface area (Å²) in [5, 5.41) is 18.7. The van der Waals surface area contributed by atoms with Crippen LogP contribution in [0.1, 0.15) is 25.1 Å². The number of carbonyl (C=O) groups excluding carboxylic acids is 1. The summed E-state index contributed by atoms with van der Waals surface area (Å²) in [6.45, 7) is 0.497. The van der Waals surface area contributed by atoms with E-state index >= 15 is 0 Å². The SMILES string of the molecule is CN1[C@@H](CC(=O)O)CC[C@H]1CNC(=O)Cc1nc(-c2ccncc2)n[nH]1. The number of nitrogens with one attached hydrogen (secondary N) is 2. The van der Waals surface area contributed by atoms with Gasteiger partial charge in [0, 0.05) is 36.6 Å². The molecule has 2 aromatic heterocycles. The van der Waals surface area contributed by atoms with Gasteiger partial charge in [0.25, 0.3) is 0 Å². The monoisotopic (exact) mass is 358 g/mol. The highest BCUT2D eigenvalue weighted by Gasteiger charge is 2.31. The predicted molar refractivity (Wildman–Crippen MR) is 93.2 cm³/mol. The summed E-state index contributed by atoms with van der Waals surface area (Å²) in [5.41, 5.74) is 0.833. The molecule has 26 heavy (non-hydrogen) atoms. The first-order valence-electron chi connectivity index (χ1n) is 8.55. The molecule has 0 unspecified atom stereocenters. The summed E-state index contributed by atoms with van der Waals surface area (Å²) < 4.78 is 0. The van der Waals surface area contributed by atoms with Gasteiger partial charge in [-0.15, -0.1) is 0 Å². The minimum absolute atomic E-state index is 0.0339. The highest BCUT2D eigenvalue weighted by Crippen LogP contribution is 2.24. The number of amides is 1. The van der Waals surface area contributed by atoms with E-state index < -0.39 is 5.97 Å². The molecule has 1 amide bonds. The maximum absolute atomic E-state index is 12.2. The first-order valence-corrected chi connectivity index (χ1v) is 8.55. The van der Waals surface area contributed by atoms with Crippen molar-refractivity contribution < 1.29 is 14.7 Å². The highest BCUT2D eigenvalue weighted by molar-refractivity contribution is 5.77. The van der Waals surface area contributed by atoms with Crippen LogP contribution in [0, 0.1) is 0 Å². The molecule has 0 aromatic carbocycles. The lowest BCUT2D eigenvalue weighted by molar-refractivity contribution is -0.138. The van der Waals surface area contributed by atoms with Gasteiger partial charge in [0.2, 0.25) is 5.91 Å². The first-order chi connectivity index (χ1) is 12.5. The van der Waals surface area contributed by atoms with Crippen LogP contribution in [0.5, 0.6) is 0 Å². The smallest absolute Gasteiger partial charge is 0.304 e. The van der Waals surface area contributed by atoms with E-state index in [0.717, 1.165) is 18.4 Å². The maximum atomic E-state index is 12.2. The summed E-state index contributed by atoms with van der Waals surface area (Å²) >= 11 is 0. The van der Waals surface area contributed by atoms with Gasteiger partial charge in [0.1, 0.15) is 5.82 Å². The summed E-state index contributed by atoms with van der Waals surface area (Å²) in [4.78, 5) is 33.3. The van der Waals surface area contributed by atoms with Crippen LogP contribution >= 0.6 is 0 Å². The van der Waals surface area contributed by atoms with E-state index in [1.54, 1.807) is 24.5 Å². The molecule has 3 N–H and O–H groups in total. The van der Waals surface area contributed by atoms with Crippen LogP contribution in [0.15, 0.2) is 24.5 Å². The summed E-state index contributed by atoms with van der Waals surface area (Å²) in [6, 6.07) is 3.80. The number of nitrogens with zero attached hydrogens (tertiary/aromatic N) is 4. The Kier molecular flexibility index (Phi) is 5.57. The summed E-state index contributed by atoms with van der Waals surface area (Å²) in [7, 11) is 1.91. The number of H-pyrrole nitrogens is 1. The van der Waals surface area contributed by atoms with Gasteiger partial charge in [0.15, 0.2) is 5.82 Å². The molecule has 0 spiro atoms. The van der Waals surface area contributed by atoms with Crippen LogP contribution < -0.4 is 5.32 Å². The molecule has 2 atom stereocenters. The molecule has 138 valence electrons. The fourth-order valence-corrected chi connectivity index (χ4v) is 3.23. The highest BCUT2D eigenvalue weighted by atomic mass is 16.4. The number of likely N-dealkylation sites (tertiary alicyclic amines) is 1. The average Bonchev–Trinajstić information content (AvgIpc) is 3.21. The molecular formula is C17H22N6O3. The van der Waals surface area contributed by atoms with Crippen molar-refractivity contribution in [3.63, 3.8) is 0 Å². The predicted octanol–water partition coefficient (Wildman–Crippen LogP) is 0.463. The van der Waals surface area contributed by atoms with Crippen LogP contribution in [0.25, 0.3) is 11.4 Å². The molecule has 0 aliphatic carbocycles. The van der Waals surface area contributed by atoms with E-state index in [1.165, 1.54) is 0 Å². The van der Waals surface area contributed by atoms with Gasteiger partial charge in [-0.2, -0.15) is 5.10 Å². The van der Waals surface area contributed by atoms with Crippen molar-refractivity contribution in [2.24, 2.45) is 0 Å². The Hall–Kier alpha value is -2.81. The number of aromatic nitrogens is 4. The normalized spacial score (nSPS) is 20.2. The molecular weight excluding hydrogens is 336 g/mol. The molecule has 3 heterocycles. The standard InChI is InChI=1S/C17H22N6O3/c1-23-12(8-16(25)26)2-3-13(23)10-19-15(24)9-14-20-17(22-21-14)11-4-6-18-7-5-11/h4-7,12-13H,2-3,8-10H2,1H3,(H,19,24)(H,25,26)(H,20,21,22)/t12-,13+/m1/s1. The van der Waals surface area contributed by atoms with Crippen LogP contribution in [0.2, 0.25) is 0 Å². The van der Waals surface area contributed by atoms with Gasteiger partial charge in [-0.25, -0.2) is 4.98 Å². The van der Waals surface area contributed by atoms with Crippen LogP contribution in [0.4, 0.5) is 0 Å². The fraction of sp³-hybridized carbons (Fsp3) is 0.471. The molecule has 1 saturated heterocycles. The molecule has 0 saturated carbocycles. The number of aliphatic carboxylic acids is 1. The number of carboxylic acid groups (broad SMARTS) is 1. The lowest BCUT2D eigenvalue weighted by Gasteiger charge is -2.24.